The van der Waals surface area contributed by atoms with Gasteiger partial charge in [-0.25, -0.2) is 0 Å². The van der Waals surface area contributed by atoms with E-state index in [1.807, 2.05) is 11.3 Å². The van der Waals surface area contributed by atoms with Gasteiger partial charge in [-0.05, 0) is 125 Å². The predicted octanol–water partition coefficient (Wildman–Crippen LogP) is 14.6. The van der Waals surface area contributed by atoms with Crippen molar-refractivity contribution in [2.45, 2.75) is 70.6 Å². The molecule has 10 rings (SSSR count). The summed E-state index contributed by atoms with van der Waals surface area (Å²) in [5.74, 6) is 2.98. The molecule has 0 N–H and O–H groups in total. The first-order valence-corrected chi connectivity index (χ1v) is 20.8. The Bertz CT molecular complexity index is 2470. The molecule has 264 valence electrons. The fourth-order valence-electron chi connectivity index (χ4n) is 11.5. The van der Waals surface area contributed by atoms with Crippen LogP contribution >= 0.6 is 11.3 Å². The van der Waals surface area contributed by atoms with Crippen LogP contribution in [0.5, 0.6) is 0 Å². The molecule has 6 aromatic carbocycles. The van der Waals surface area contributed by atoms with E-state index in [1.165, 1.54) is 91.6 Å². The molecule has 1 heterocycles. The molecular formula is C51H49NS. The number of para-hydroxylation sites is 1. The number of hydrogen-bond donors (Lipinski definition) is 0. The van der Waals surface area contributed by atoms with E-state index < -0.39 is 0 Å². The zero-order valence-corrected chi connectivity index (χ0v) is 32.3. The molecule has 1 unspecified atom stereocenters. The van der Waals surface area contributed by atoms with Crippen molar-refractivity contribution in [3.05, 3.63) is 162 Å². The van der Waals surface area contributed by atoms with Crippen LogP contribution < -0.4 is 4.90 Å². The first-order valence-electron chi connectivity index (χ1n) is 20.0. The summed E-state index contributed by atoms with van der Waals surface area (Å²) < 4.78 is 2.70. The summed E-state index contributed by atoms with van der Waals surface area (Å²) in [5, 5.41) is 2.68. The molecule has 2 heteroatoms. The molecule has 53 heavy (non-hydrogen) atoms. The summed E-state index contributed by atoms with van der Waals surface area (Å²) in [6.07, 6.45) is 6.67. The highest BCUT2D eigenvalue weighted by atomic mass is 32.1. The van der Waals surface area contributed by atoms with Crippen LogP contribution in [0.3, 0.4) is 0 Å². The Kier molecular flexibility index (Phi) is 7.74. The summed E-state index contributed by atoms with van der Waals surface area (Å²) >= 11 is 1.91. The van der Waals surface area contributed by atoms with Crippen LogP contribution in [0.25, 0.3) is 31.3 Å². The number of anilines is 3. The number of benzene rings is 6. The maximum atomic E-state index is 2.59. The summed E-state index contributed by atoms with van der Waals surface area (Å²) in [6.45, 7) is 9.91. The van der Waals surface area contributed by atoms with Crippen LogP contribution in [0.4, 0.5) is 17.1 Å². The van der Waals surface area contributed by atoms with Gasteiger partial charge in [-0.15, -0.1) is 11.3 Å². The van der Waals surface area contributed by atoms with Gasteiger partial charge in [0.05, 0.1) is 0 Å². The quantitative estimate of drug-likeness (QED) is 0.172. The second-order valence-electron chi connectivity index (χ2n) is 17.0. The standard InChI is InChI=1S/C51H49NS/c1-5-34-29-36-27-33(2)28-37(30-34)51(36)45-23-11-10-22-44(45)50(3,4)47-32-40(25-26-46(47)51)52(38-16-7-6-8-17-38)39-18-13-15-35(31-39)41-20-14-21-43-42-19-9-12-24-48(42)53-49(41)43/h6-26,31-34,36-37H,5,27-30H2,1-4H3/t33-,34+,36+,37-,51?. The third kappa shape index (κ3) is 4.94. The molecule has 7 aromatic rings. The minimum Gasteiger partial charge on any atom is -0.310 e. The molecule has 1 aromatic heterocycles. The van der Waals surface area contributed by atoms with Gasteiger partial charge >= 0.3 is 0 Å². The number of hydrogen-bond acceptors (Lipinski definition) is 2. The molecule has 3 aliphatic rings. The zero-order chi connectivity index (χ0) is 35.9. The summed E-state index contributed by atoms with van der Waals surface area (Å²) in [4.78, 5) is 2.50. The molecule has 0 aliphatic heterocycles. The van der Waals surface area contributed by atoms with Crippen molar-refractivity contribution in [2.24, 2.45) is 23.7 Å². The van der Waals surface area contributed by atoms with Crippen molar-refractivity contribution in [3.63, 3.8) is 0 Å². The molecule has 0 amide bonds. The zero-order valence-electron chi connectivity index (χ0n) is 31.5. The van der Waals surface area contributed by atoms with E-state index in [0.29, 0.717) is 11.8 Å². The van der Waals surface area contributed by atoms with Gasteiger partial charge in [0.25, 0.3) is 0 Å². The third-order valence-electron chi connectivity index (χ3n) is 13.7. The fraction of sp³-hybridized carbons (Fsp3) is 0.294. The molecular weight excluding hydrogens is 659 g/mol. The van der Waals surface area contributed by atoms with Crippen molar-refractivity contribution >= 4 is 48.6 Å². The minimum absolute atomic E-state index is 0.0819. The minimum atomic E-state index is -0.115. The molecule has 2 fully saturated rings. The molecule has 5 atom stereocenters. The van der Waals surface area contributed by atoms with Gasteiger partial charge in [-0.3, -0.25) is 0 Å². The fourth-order valence-corrected chi connectivity index (χ4v) is 12.7. The lowest BCUT2D eigenvalue weighted by molar-refractivity contribution is 0.0175. The Hall–Kier alpha value is -4.66. The number of thiophene rings is 1. The third-order valence-corrected chi connectivity index (χ3v) is 15.0. The smallest absolute Gasteiger partial charge is 0.0467 e. The van der Waals surface area contributed by atoms with Crippen molar-refractivity contribution in [1.29, 1.82) is 0 Å². The van der Waals surface area contributed by atoms with E-state index in [2.05, 4.69) is 172 Å². The Labute approximate surface area is 319 Å². The Morgan fingerprint density at radius 2 is 1.23 bits per heavy atom. The van der Waals surface area contributed by atoms with E-state index in [-0.39, 0.29) is 10.8 Å². The Morgan fingerprint density at radius 1 is 0.585 bits per heavy atom. The molecule has 3 aliphatic carbocycles. The van der Waals surface area contributed by atoms with Gasteiger partial charge in [-0.1, -0.05) is 131 Å². The van der Waals surface area contributed by atoms with E-state index in [9.17, 15) is 0 Å². The summed E-state index contributed by atoms with van der Waals surface area (Å²) in [6, 6.07) is 53.1. The van der Waals surface area contributed by atoms with Crippen molar-refractivity contribution < 1.29 is 0 Å². The highest BCUT2D eigenvalue weighted by molar-refractivity contribution is 7.26. The summed E-state index contributed by atoms with van der Waals surface area (Å²) in [5.41, 5.74) is 12.4. The van der Waals surface area contributed by atoms with Crippen molar-refractivity contribution in [3.8, 4) is 11.1 Å². The highest BCUT2D eigenvalue weighted by Crippen LogP contribution is 2.65. The van der Waals surface area contributed by atoms with Gasteiger partial charge in [0.1, 0.15) is 0 Å². The highest BCUT2D eigenvalue weighted by Gasteiger charge is 2.59. The van der Waals surface area contributed by atoms with Crippen molar-refractivity contribution in [2.75, 3.05) is 4.90 Å². The van der Waals surface area contributed by atoms with Gasteiger partial charge < -0.3 is 4.90 Å². The maximum absolute atomic E-state index is 2.59. The summed E-state index contributed by atoms with van der Waals surface area (Å²) in [7, 11) is 0. The van der Waals surface area contributed by atoms with E-state index in [0.717, 1.165) is 11.8 Å². The molecule has 0 radical (unpaired) electrons. The Balaban J connectivity index is 1.16. The molecule has 0 saturated heterocycles. The Morgan fingerprint density at radius 3 is 2.02 bits per heavy atom. The first kappa shape index (κ1) is 32.9. The first-order chi connectivity index (χ1) is 25.9. The van der Waals surface area contributed by atoms with Crippen LogP contribution in [0.2, 0.25) is 0 Å². The lowest BCUT2D eigenvalue weighted by atomic mass is 9.42. The lowest BCUT2D eigenvalue weighted by Crippen LogP contribution is -2.56. The number of fused-ring (bicyclic) bond motifs is 5. The van der Waals surface area contributed by atoms with Gasteiger partial charge in [0.2, 0.25) is 0 Å². The SMILES string of the molecule is CC[C@@H]1C[C@H]2C[C@H](C)C[C@@H](C1)C21c2ccccc2C(C)(C)c2cc(N(c3ccccc3)c3cccc(-c4cccc5c4sc4ccccc45)c3)ccc21. The van der Waals surface area contributed by atoms with Gasteiger partial charge in [0, 0.05) is 48.1 Å². The maximum Gasteiger partial charge on any atom is 0.0467 e. The topological polar surface area (TPSA) is 3.24 Å². The number of rotatable bonds is 5. The lowest BCUT2D eigenvalue weighted by Gasteiger charge is -2.61. The van der Waals surface area contributed by atoms with Gasteiger partial charge in [0.15, 0.2) is 0 Å². The predicted molar refractivity (Wildman–Crippen MR) is 227 cm³/mol. The largest absolute Gasteiger partial charge is 0.310 e. The van der Waals surface area contributed by atoms with Crippen LogP contribution in [-0.4, -0.2) is 0 Å². The second-order valence-corrected chi connectivity index (χ2v) is 18.0. The molecule has 2 saturated carbocycles. The molecule has 2 bridgehead atoms. The normalized spacial score (nSPS) is 24.2. The average Bonchev–Trinajstić information content (AvgIpc) is 3.57. The van der Waals surface area contributed by atoms with Crippen LogP contribution in [0.15, 0.2) is 140 Å². The van der Waals surface area contributed by atoms with Gasteiger partial charge in [-0.2, -0.15) is 0 Å². The second kappa shape index (κ2) is 12.5. The average molecular weight is 708 g/mol. The van der Waals surface area contributed by atoms with E-state index in [4.69, 9.17) is 0 Å². The number of nitrogens with zero attached hydrogens (tertiary/aromatic N) is 1. The van der Waals surface area contributed by atoms with Crippen LogP contribution in [-0.2, 0) is 10.8 Å². The van der Waals surface area contributed by atoms with E-state index >= 15 is 0 Å². The van der Waals surface area contributed by atoms with Crippen LogP contribution in [0, 0.1) is 23.7 Å². The monoisotopic (exact) mass is 707 g/mol. The van der Waals surface area contributed by atoms with E-state index in [1.54, 1.807) is 11.1 Å². The molecule has 1 spiro atoms. The van der Waals surface area contributed by atoms with Crippen molar-refractivity contribution in [1.82, 2.24) is 0 Å². The van der Waals surface area contributed by atoms with Crippen LogP contribution in [0.1, 0.15) is 82.1 Å². The molecule has 1 nitrogen and oxygen atoms in total.